The quantitative estimate of drug-likeness (QED) is 0.549. The average molecular weight is 433 g/mol. The third kappa shape index (κ3) is 5.69. The molecule has 0 bridgehead atoms. The molecular weight excluding hydrogens is 408 g/mol. The molecule has 9 nitrogen and oxygen atoms in total. The van der Waals surface area contributed by atoms with Gasteiger partial charge in [-0.3, -0.25) is 14.4 Å². The van der Waals surface area contributed by atoms with Crippen molar-refractivity contribution in [1.29, 1.82) is 0 Å². The highest BCUT2D eigenvalue weighted by atomic mass is 32.1. The lowest BCUT2D eigenvalue weighted by atomic mass is 10.1. The Kier molecular flexibility index (Phi) is 7.23. The first-order valence-electron chi connectivity index (χ1n) is 9.50. The van der Waals surface area contributed by atoms with Crippen molar-refractivity contribution in [2.75, 3.05) is 26.1 Å². The van der Waals surface area contributed by atoms with Crippen molar-refractivity contribution >= 4 is 34.2 Å². The Morgan fingerprint density at radius 2 is 2.07 bits per heavy atom. The molecule has 2 heterocycles. The monoisotopic (exact) mass is 432 g/mol. The number of methoxy groups -OCH3 is 2. The van der Waals surface area contributed by atoms with Crippen LogP contribution >= 0.6 is 11.3 Å². The predicted octanol–water partition coefficient (Wildman–Crippen LogP) is 1.28. The Morgan fingerprint density at radius 1 is 1.27 bits per heavy atom. The summed E-state index contributed by atoms with van der Waals surface area (Å²) in [6, 6.07) is 5.12. The number of carbonyl (C=O) groups excluding carboxylic acids is 3. The van der Waals surface area contributed by atoms with Crippen molar-refractivity contribution in [3.63, 3.8) is 0 Å². The highest BCUT2D eigenvalue weighted by molar-refractivity contribution is 7.13. The molecule has 1 atom stereocenters. The summed E-state index contributed by atoms with van der Waals surface area (Å²) in [7, 11) is 3.16. The Balaban J connectivity index is 1.43. The van der Waals surface area contributed by atoms with Gasteiger partial charge in [-0.05, 0) is 30.5 Å². The van der Waals surface area contributed by atoms with Crippen molar-refractivity contribution in [1.82, 2.24) is 15.6 Å². The lowest BCUT2D eigenvalue weighted by molar-refractivity contribution is -0.122. The van der Waals surface area contributed by atoms with Gasteiger partial charge in [-0.15, -0.1) is 11.3 Å². The van der Waals surface area contributed by atoms with Gasteiger partial charge >= 0.3 is 0 Å². The van der Waals surface area contributed by atoms with E-state index in [4.69, 9.17) is 9.47 Å². The second kappa shape index (κ2) is 10.1. The van der Waals surface area contributed by atoms with Gasteiger partial charge in [0, 0.05) is 18.3 Å². The Hall–Kier alpha value is -3.14. The van der Waals surface area contributed by atoms with Gasteiger partial charge in [0.15, 0.2) is 16.6 Å². The van der Waals surface area contributed by atoms with Gasteiger partial charge in [-0.25, -0.2) is 4.98 Å². The zero-order chi connectivity index (χ0) is 21.5. The molecule has 3 N–H and O–H groups in total. The zero-order valence-electron chi connectivity index (χ0n) is 16.8. The maximum Gasteiger partial charge on any atom is 0.248 e. The Bertz CT molecular complexity index is 930. The summed E-state index contributed by atoms with van der Waals surface area (Å²) in [5.74, 6) is 0.741. The van der Waals surface area contributed by atoms with Crippen LogP contribution < -0.4 is 25.4 Å². The molecule has 1 unspecified atom stereocenters. The summed E-state index contributed by atoms with van der Waals surface area (Å²) in [5.41, 5.74) is 1.60. The second-order valence-electron chi connectivity index (χ2n) is 6.76. The van der Waals surface area contributed by atoms with E-state index in [1.807, 2.05) is 18.2 Å². The molecule has 160 valence electrons. The van der Waals surface area contributed by atoms with Crippen LogP contribution in [0, 0.1) is 0 Å². The Labute approximate surface area is 178 Å². The summed E-state index contributed by atoms with van der Waals surface area (Å²) in [6.07, 6.45) is 1.60. The van der Waals surface area contributed by atoms with Crippen LogP contribution in [0.4, 0.5) is 5.13 Å². The summed E-state index contributed by atoms with van der Waals surface area (Å²) in [5, 5.41) is 10.3. The molecule has 1 aliphatic rings. The van der Waals surface area contributed by atoms with E-state index < -0.39 is 6.04 Å². The third-order valence-corrected chi connectivity index (χ3v) is 5.43. The molecule has 0 spiro atoms. The fourth-order valence-electron chi connectivity index (χ4n) is 3.06. The van der Waals surface area contributed by atoms with E-state index in [1.54, 1.807) is 19.6 Å². The van der Waals surface area contributed by atoms with Crippen LogP contribution in [0.1, 0.15) is 24.1 Å². The van der Waals surface area contributed by atoms with Gasteiger partial charge in [0.1, 0.15) is 6.04 Å². The summed E-state index contributed by atoms with van der Waals surface area (Å²) in [4.78, 5) is 39.8. The van der Waals surface area contributed by atoms with E-state index >= 15 is 0 Å². The molecule has 2 aromatic rings. The molecule has 0 saturated carbocycles. The molecule has 1 saturated heterocycles. The highest BCUT2D eigenvalue weighted by Gasteiger charge is 2.27. The van der Waals surface area contributed by atoms with Crippen molar-refractivity contribution in [3.8, 4) is 11.5 Å². The SMILES string of the molecule is COc1ccc(CCNC(=O)Cc2csc(NC(=O)C3CCC(=O)N3)n2)cc1OC. The molecule has 10 heteroatoms. The first-order valence-corrected chi connectivity index (χ1v) is 10.4. The fraction of sp³-hybridized carbons (Fsp3) is 0.400. The molecule has 1 aromatic carbocycles. The molecule has 0 aliphatic carbocycles. The van der Waals surface area contributed by atoms with E-state index in [2.05, 4.69) is 20.9 Å². The summed E-state index contributed by atoms with van der Waals surface area (Å²) in [6.45, 7) is 0.476. The number of thiazole rings is 1. The molecular formula is C20H24N4O5S. The van der Waals surface area contributed by atoms with Crippen LogP contribution in [0.2, 0.25) is 0 Å². The minimum atomic E-state index is -0.523. The lowest BCUT2D eigenvalue weighted by Crippen LogP contribution is -2.37. The second-order valence-corrected chi connectivity index (χ2v) is 7.62. The number of anilines is 1. The lowest BCUT2D eigenvalue weighted by Gasteiger charge is -2.10. The van der Waals surface area contributed by atoms with Gasteiger partial charge in [0.05, 0.1) is 26.3 Å². The van der Waals surface area contributed by atoms with Crippen molar-refractivity contribution < 1.29 is 23.9 Å². The molecule has 1 aromatic heterocycles. The maximum atomic E-state index is 12.2. The molecule has 1 fully saturated rings. The van der Waals surface area contributed by atoms with Crippen molar-refractivity contribution in [2.24, 2.45) is 0 Å². The minimum Gasteiger partial charge on any atom is -0.493 e. The van der Waals surface area contributed by atoms with E-state index in [9.17, 15) is 14.4 Å². The summed E-state index contributed by atoms with van der Waals surface area (Å²) >= 11 is 1.25. The minimum absolute atomic E-state index is 0.123. The highest BCUT2D eigenvalue weighted by Crippen LogP contribution is 2.27. The van der Waals surface area contributed by atoms with Gasteiger partial charge in [-0.1, -0.05) is 6.07 Å². The van der Waals surface area contributed by atoms with Gasteiger partial charge < -0.3 is 25.4 Å². The van der Waals surface area contributed by atoms with E-state index in [1.165, 1.54) is 11.3 Å². The average Bonchev–Trinajstić information content (AvgIpc) is 3.36. The van der Waals surface area contributed by atoms with Gasteiger partial charge in [-0.2, -0.15) is 0 Å². The molecule has 30 heavy (non-hydrogen) atoms. The predicted molar refractivity (Wildman–Crippen MR) is 112 cm³/mol. The number of nitrogens with zero attached hydrogens (tertiary/aromatic N) is 1. The number of aromatic nitrogens is 1. The molecule has 3 rings (SSSR count). The fourth-order valence-corrected chi connectivity index (χ4v) is 3.77. The number of nitrogens with one attached hydrogen (secondary N) is 3. The van der Waals surface area contributed by atoms with Crippen LogP contribution in [0.3, 0.4) is 0 Å². The Morgan fingerprint density at radius 3 is 2.77 bits per heavy atom. The number of rotatable bonds is 9. The van der Waals surface area contributed by atoms with E-state index in [0.717, 1.165) is 5.56 Å². The van der Waals surface area contributed by atoms with Crippen LogP contribution in [0.25, 0.3) is 0 Å². The van der Waals surface area contributed by atoms with Crippen LogP contribution in [-0.4, -0.2) is 49.5 Å². The molecule has 0 radical (unpaired) electrons. The topological polar surface area (TPSA) is 119 Å². The number of hydrogen-bond acceptors (Lipinski definition) is 7. The number of hydrogen-bond donors (Lipinski definition) is 3. The normalized spacial score (nSPS) is 15.4. The van der Waals surface area contributed by atoms with Crippen LogP contribution in [0.5, 0.6) is 11.5 Å². The maximum absolute atomic E-state index is 12.2. The van der Waals surface area contributed by atoms with Crippen LogP contribution in [0.15, 0.2) is 23.6 Å². The zero-order valence-corrected chi connectivity index (χ0v) is 17.6. The summed E-state index contributed by atoms with van der Waals surface area (Å²) < 4.78 is 10.5. The van der Waals surface area contributed by atoms with Gasteiger partial charge in [0.25, 0.3) is 0 Å². The van der Waals surface area contributed by atoms with Crippen molar-refractivity contribution in [2.45, 2.75) is 31.7 Å². The standard InChI is InChI=1S/C20H24N4O5S/c1-28-15-5-3-12(9-16(15)29-2)7-8-21-18(26)10-13-11-30-20(22-13)24-19(27)14-4-6-17(25)23-14/h3,5,9,11,14H,4,6-8,10H2,1-2H3,(H,21,26)(H,23,25)(H,22,24,27). The largest absolute Gasteiger partial charge is 0.493 e. The number of benzene rings is 1. The van der Waals surface area contributed by atoms with Crippen molar-refractivity contribution in [3.05, 3.63) is 34.8 Å². The van der Waals surface area contributed by atoms with E-state index in [-0.39, 0.29) is 24.1 Å². The van der Waals surface area contributed by atoms with E-state index in [0.29, 0.717) is 48.1 Å². The smallest absolute Gasteiger partial charge is 0.248 e. The first kappa shape index (κ1) is 21.6. The number of carbonyl (C=O) groups is 3. The first-order chi connectivity index (χ1) is 14.5. The number of ether oxygens (including phenoxy) is 2. The molecule has 1 aliphatic heterocycles. The molecule has 3 amide bonds. The van der Waals surface area contributed by atoms with Crippen LogP contribution in [-0.2, 0) is 27.2 Å². The van der Waals surface area contributed by atoms with Gasteiger partial charge in [0.2, 0.25) is 17.7 Å². The third-order valence-electron chi connectivity index (χ3n) is 4.62. The number of amides is 3.